The number of pyridine rings is 1. The van der Waals surface area contributed by atoms with E-state index in [4.69, 9.17) is 14.7 Å². The lowest BCUT2D eigenvalue weighted by Gasteiger charge is -2.45. The lowest BCUT2D eigenvalue weighted by molar-refractivity contribution is 0.00729. The van der Waals surface area contributed by atoms with Gasteiger partial charge in [-0.25, -0.2) is 9.97 Å². The first-order valence-corrected chi connectivity index (χ1v) is 16.6. The third-order valence-electron chi connectivity index (χ3n) is 8.96. The number of rotatable bonds is 4. The first-order valence-electron chi connectivity index (χ1n) is 12.7. The van der Waals surface area contributed by atoms with Gasteiger partial charge in [-0.2, -0.15) is 0 Å². The van der Waals surface area contributed by atoms with Gasteiger partial charge in [-0.3, -0.25) is 4.90 Å². The Morgan fingerprint density at radius 1 is 1.06 bits per heavy atom. The molecule has 0 spiro atoms. The van der Waals surface area contributed by atoms with Crippen molar-refractivity contribution in [2.75, 3.05) is 37.4 Å². The summed E-state index contributed by atoms with van der Waals surface area (Å²) in [6.07, 6.45) is 7.36. The van der Waals surface area contributed by atoms with Crippen LogP contribution >= 0.6 is 11.3 Å². The summed E-state index contributed by atoms with van der Waals surface area (Å²) in [5.74, 6) is 2.21. The minimum atomic E-state index is -1.73. The standard InChI is InChI=1S/C26H40N4OSSi/c1-26(2,3)33(4,5)30-16-23(24-17-32-18-28-24)22-14-20(15-27-25(22)30)19-6-8-21(9-7-19)29-10-12-31-13-11-29/h14-15,17-19,21,23H,6-13,16H2,1-5H3/t19-,21-,23?. The molecule has 4 heterocycles. The molecule has 3 aliphatic rings. The van der Waals surface area contributed by atoms with Crippen LogP contribution in [0.3, 0.4) is 0 Å². The van der Waals surface area contributed by atoms with Crippen molar-refractivity contribution in [3.63, 3.8) is 0 Å². The number of nitrogens with zero attached hydrogens (tertiary/aromatic N) is 4. The maximum atomic E-state index is 5.56. The van der Waals surface area contributed by atoms with E-state index >= 15 is 0 Å². The molecule has 5 nitrogen and oxygen atoms in total. The molecule has 0 aromatic carbocycles. The Hall–Kier alpha value is -1.28. The van der Waals surface area contributed by atoms with E-state index in [0.717, 1.165) is 38.9 Å². The van der Waals surface area contributed by atoms with Crippen molar-refractivity contribution in [3.8, 4) is 0 Å². The van der Waals surface area contributed by atoms with Crippen LogP contribution in [0.25, 0.3) is 0 Å². The fraction of sp³-hybridized carbons (Fsp3) is 0.692. The Kier molecular flexibility index (Phi) is 6.44. The quantitative estimate of drug-likeness (QED) is 0.509. The molecule has 33 heavy (non-hydrogen) atoms. The summed E-state index contributed by atoms with van der Waals surface area (Å²) in [4.78, 5) is 12.6. The minimum absolute atomic E-state index is 0.277. The van der Waals surface area contributed by atoms with Crippen LogP contribution in [0.5, 0.6) is 0 Å². The number of hydrogen-bond donors (Lipinski definition) is 0. The maximum absolute atomic E-state index is 5.56. The molecule has 0 N–H and O–H groups in total. The molecule has 2 aliphatic heterocycles. The summed E-state index contributed by atoms with van der Waals surface area (Å²) in [5, 5.41) is 2.52. The fourth-order valence-corrected chi connectivity index (χ4v) is 8.60. The summed E-state index contributed by atoms with van der Waals surface area (Å²) in [6, 6.07) is 3.25. The number of thiazole rings is 1. The summed E-state index contributed by atoms with van der Waals surface area (Å²) in [6.45, 7) is 17.2. The molecule has 0 amide bonds. The van der Waals surface area contributed by atoms with Crippen LogP contribution in [0.4, 0.5) is 5.82 Å². The lowest BCUT2D eigenvalue weighted by Crippen LogP contribution is -2.55. The van der Waals surface area contributed by atoms with Gasteiger partial charge in [0.2, 0.25) is 0 Å². The molecule has 1 unspecified atom stereocenters. The SMILES string of the molecule is CC(C)(C)[Si](C)(C)N1CC(c2cscn2)c2cc([C@H]3CC[C@H](N4CCOCC4)CC3)cnc21. The van der Waals surface area contributed by atoms with E-state index in [0.29, 0.717) is 11.8 Å². The molecule has 0 bridgehead atoms. The van der Waals surface area contributed by atoms with Gasteiger partial charge in [0.15, 0.2) is 8.24 Å². The highest BCUT2D eigenvalue weighted by Gasteiger charge is 2.47. The topological polar surface area (TPSA) is 41.5 Å². The van der Waals surface area contributed by atoms with E-state index in [9.17, 15) is 0 Å². The van der Waals surface area contributed by atoms with Crippen molar-refractivity contribution < 1.29 is 4.74 Å². The van der Waals surface area contributed by atoms with Crippen LogP contribution in [0.2, 0.25) is 18.1 Å². The zero-order valence-corrected chi connectivity index (χ0v) is 22.8. The number of ether oxygens (including phenoxy) is 1. The van der Waals surface area contributed by atoms with Crippen molar-refractivity contribution in [2.24, 2.45) is 0 Å². The van der Waals surface area contributed by atoms with E-state index in [1.807, 2.05) is 5.51 Å². The van der Waals surface area contributed by atoms with Crippen molar-refractivity contribution in [1.82, 2.24) is 14.9 Å². The van der Waals surface area contributed by atoms with Gasteiger partial charge in [0.1, 0.15) is 5.82 Å². The van der Waals surface area contributed by atoms with Gasteiger partial charge in [-0.05, 0) is 48.3 Å². The van der Waals surface area contributed by atoms with Gasteiger partial charge >= 0.3 is 0 Å². The third kappa shape index (κ3) is 4.42. The van der Waals surface area contributed by atoms with Crippen molar-refractivity contribution in [1.29, 1.82) is 0 Å². The maximum Gasteiger partial charge on any atom is 0.157 e. The Morgan fingerprint density at radius 2 is 1.79 bits per heavy atom. The van der Waals surface area contributed by atoms with Crippen LogP contribution < -0.4 is 4.57 Å². The molecule has 1 saturated carbocycles. The van der Waals surface area contributed by atoms with E-state index in [-0.39, 0.29) is 5.04 Å². The van der Waals surface area contributed by atoms with Crippen LogP contribution in [0.15, 0.2) is 23.2 Å². The molecular formula is C26H40N4OSSi. The summed E-state index contributed by atoms with van der Waals surface area (Å²) < 4.78 is 8.25. The molecule has 5 rings (SSSR count). The largest absolute Gasteiger partial charge is 0.381 e. The Labute approximate surface area is 204 Å². The van der Waals surface area contributed by atoms with Crippen LogP contribution in [0.1, 0.15) is 75.1 Å². The normalized spacial score (nSPS) is 27.1. The monoisotopic (exact) mass is 484 g/mol. The van der Waals surface area contributed by atoms with E-state index in [1.54, 1.807) is 11.3 Å². The zero-order chi connectivity index (χ0) is 23.2. The van der Waals surface area contributed by atoms with Crippen molar-refractivity contribution in [2.45, 2.75) is 82.5 Å². The number of anilines is 1. The number of morpholine rings is 1. The number of aromatic nitrogens is 2. The third-order valence-corrected chi connectivity index (χ3v) is 15.0. The molecule has 7 heteroatoms. The van der Waals surface area contributed by atoms with Gasteiger partial charge in [-0.15, -0.1) is 11.3 Å². The summed E-state index contributed by atoms with van der Waals surface area (Å²) in [7, 11) is -1.73. The molecule has 1 atom stereocenters. The fourth-order valence-electron chi connectivity index (χ4n) is 5.83. The minimum Gasteiger partial charge on any atom is -0.381 e. The van der Waals surface area contributed by atoms with E-state index in [1.165, 1.54) is 48.3 Å². The number of hydrogen-bond acceptors (Lipinski definition) is 6. The van der Waals surface area contributed by atoms with E-state index in [2.05, 4.69) is 61.0 Å². The summed E-state index contributed by atoms with van der Waals surface area (Å²) >= 11 is 1.71. The Bertz CT molecular complexity index is 944. The second kappa shape index (κ2) is 9.06. The zero-order valence-electron chi connectivity index (χ0n) is 21.0. The molecule has 2 fully saturated rings. The Balaban J connectivity index is 1.39. The van der Waals surface area contributed by atoms with E-state index < -0.39 is 8.24 Å². The molecule has 1 aliphatic carbocycles. The Morgan fingerprint density at radius 3 is 2.42 bits per heavy atom. The van der Waals surface area contributed by atoms with Gasteiger partial charge in [0.25, 0.3) is 0 Å². The smallest absolute Gasteiger partial charge is 0.157 e. The highest BCUT2D eigenvalue weighted by molar-refractivity contribution is 7.07. The number of fused-ring (bicyclic) bond motifs is 1. The van der Waals surface area contributed by atoms with Crippen LogP contribution in [-0.2, 0) is 4.74 Å². The van der Waals surface area contributed by atoms with Gasteiger partial charge in [0, 0.05) is 48.7 Å². The highest BCUT2D eigenvalue weighted by atomic mass is 32.1. The van der Waals surface area contributed by atoms with Crippen LogP contribution in [-0.4, -0.2) is 62.0 Å². The highest BCUT2D eigenvalue weighted by Crippen LogP contribution is 2.48. The predicted octanol–water partition coefficient (Wildman–Crippen LogP) is 5.85. The second-order valence-electron chi connectivity index (χ2n) is 11.7. The second-order valence-corrected chi connectivity index (χ2v) is 17.6. The lowest BCUT2D eigenvalue weighted by atomic mass is 9.81. The molecule has 2 aromatic rings. The average molecular weight is 485 g/mol. The molecule has 2 aromatic heterocycles. The van der Waals surface area contributed by atoms with Gasteiger partial charge < -0.3 is 9.30 Å². The first kappa shape index (κ1) is 23.5. The van der Waals surface area contributed by atoms with Gasteiger partial charge in [0.05, 0.1) is 24.4 Å². The molecule has 180 valence electrons. The molecular weight excluding hydrogens is 444 g/mol. The van der Waals surface area contributed by atoms with Gasteiger partial charge in [-0.1, -0.05) is 33.9 Å². The van der Waals surface area contributed by atoms with Crippen molar-refractivity contribution >= 4 is 25.4 Å². The average Bonchev–Trinajstić information content (AvgIpc) is 3.47. The predicted molar refractivity (Wildman–Crippen MR) is 140 cm³/mol. The molecule has 0 radical (unpaired) electrons. The first-order chi connectivity index (χ1) is 15.8. The molecule has 1 saturated heterocycles. The summed E-state index contributed by atoms with van der Waals surface area (Å²) in [5.41, 5.74) is 6.07. The van der Waals surface area contributed by atoms with Crippen molar-refractivity contribution in [3.05, 3.63) is 40.0 Å². The van der Waals surface area contributed by atoms with Crippen LogP contribution in [0, 0.1) is 0 Å².